The van der Waals surface area contributed by atoms with E-state index in [1.165, 1.54) is 88.8 Å². The highest BCUT2D eigenvalue weighted by Gasteiger charge is 2.52. The zero-order valence-corrected chi connectivity index (χ0v) is 34.3. The molecule has 1 aromatic heterocycles. The molecular formula is C53H49BN2O. The largest absolute Gasteiger partial charge is 0.354 e. The van der Waals surface area contributed by atoms with Crippen molar-refractivity contribution in [3.8, 4) is 39.1 Å². The van der Waals surface area contributed by atoms with Crippen LogP contribution in [0.3, 0.4) is 0 Å². The average Bonchev–Trinajstić information content (AvgIpc) is 3.84. The standard InChI is InChI=1S/C53H49BN2O/c1-28(2)34-19-13-20-35(29(3)4)46(34)32-23-24-44-42(25-32)43-26-33(47-36(30(5)6)21-14-22-37(47)31(7)8)27-45-51(43)54(44)56-53(57)50-48-38-15-9-11-17-40(38)49(52(50)55(45)56)41-18-12-10-16-39(41)48/h9-31,48-49H,1-8H3. The molecule has 0 fully saturated rings. The first-order valence-corrected chi connectivity index (χ1v) is 21.2. The summed E-state index contributed by atoms with van der Waals surface area (Å²) in [4.78, 5) is 15.5. The first-order chi connectivity index (χ1) is 27.6. The molecule has 0 radical (unpaired) electrons. The molecule has 57 heavy (non-hydrogen) atoms. The summed E-state index contributed by atoms with van der Waals surface area (Å²) in [6.07, 6.45) is 0. The Morgan fingerprint density at radius 1 is 0.509 bits per heavy atom. The van der Waals surface area contributed by atoms with Crippen molar-refractivity contribution in [2.24, 2.45) is 0 Å². The molecule has 7 aromatic rings. The fourth-order valence-electron chi connectivity index (χ4n) is 11.4. The second kappa shape index (κ2) is 12.2. The first-order valence-electron chi connectivity index (χ1n) is 21.2. The summed E-state index contributed by atoms with van der Waals surface area (Å²) in [5, 5.41) is 0. The van der Waals surface area contributed by atoms with Gasteiger partial charge in [0, 0.05) is 5.92 Å². The van der Waals surface area contributed by atoms with Crippen molar-refractivity contribution >= 4 is 17.8 Å². The predicted molar refractivity (Wildman–Crippen MR) is 238 cm³/mol. The van der Waals surface area contributed by atoms with E-state index in [1.54, 1.807) is 0 Å². The summed E-state index contributed by atoms with van der Waals surface area (Å²) in [6, 6.07) is 43.6. The second-order valence-corrected chi connectivity index (χ2v) is 18.3. The van der Waals surface area contributed by atoms with Gasteiger partial charge < -0.3 is 0 Å². The van der Waals surface area contributed by atoms with Crippen molar-refractivity contribution in [1.82, 2.24) is 9.27 Å². The Balaban J connectivity index is 1.24. The van der Waals surface area contributed by atoms with Gasteiger partial charge in [0.1, 0.15) is 0 Å². The molecule has 0 unspecified atom stereocenters. The average molecular weight is 741 g/mol. The van der Waals surface area contributed by atoms with E-state index in [0.29, 0.717) is 23.7 Å². The second-order valence-electron chi connectivity index (χ2n) is 18.3. The number of rotatable bonds is 6. The zero-order chi connectivity index (χ0) is 39.2. The van der Waals surface area contributed by atoms with Gasteiger partial charge in [-0.05, 0) is 131 Å². The molecule has 6 aromatic carbocycles. The molecule has 0 N–H and O–H groups in total. The first kappa shape index (κ1) is 34.6. The van der Waals surface area contributed by atoms with Crippen LogP contribution in [0.5, 0.6) is 0 Å². The van der Waals surface area contributed by atoms with Crippen LogP contribution in [0.15, 0.2) is 120 Å². The lowest BCUT2D eigenvalue weighted by Crippen LogP contribution is -2.47. The van der Waals surface area contributed by atoms with E-state index < -0.39 is 0 Å². The van der Waals surface area contributed by atoms with Gasteiger partial charge in [0.25, 0.3) is 5.56 Å². The summed E-state index contributed by atoms with van der Waals surface area (Å²) in [5.74, 6) is 1.40. The maximum atomic E-state index is 15.5. The molecule has 2 bridgehead atoms. The Morgan fingerprint density at radius 2 is 0.982 bits per heavy atom. The fraction of sp³-hybridized carbons (Fsp3) is 0.264. The Morgan fingerprint density at radius 3 is 1.49 bits per heavy atom. The maximum Gasteiger partial charge on any atom is 0.354 e. The fourth-order valence-corrected chi connectivity index (χ4v) is 11.4. The molecule has 2 aliphatic heterocycles. The van der Waals surface area contributed by atoms with Crippen LogP contribution in [-0.2, 0) is 0 Å². The van der Waals surface area contributed by atoms with Crippen LogP contribution >= 0.6 is 0 Å². The van der Waals surface area contributed by atoms with E-state index >= 15 is 4.79 Å². The van der Waals surface area contributed by atoms with Gasteiger partial charge in [-0.25, -0.2) is 0 Å². The van der Waals surface area contributed by atoms with Crippen molar-refractivity contribution < 1.29 is 0 Å². The van der Waals surface area contributed by atoms with Crippen LogP contribution in [0.4, 0.5) is 0 Å². The summed E-state index contributed by atoms with van der Waals surface area (Å²) < 4.78 is 4.55. The molecule has 5 aliphatic rings. The minimum absolute atomic E-state index is 0.0116. The molecule has 0 saturated heterocycles. The maximum absolute atomic E-state index is 15.5. The summed E-state index contributed by atoms with van der Waals surface area (Å²) in [5.41, 5.74) is 24.3. The third-order valence-electron chi connectivity index (χ3n) is 13.8. The number of fused-ring (bicyclic) bond motifs is 6. The minimum Gasteiger partial charge on any atom is -0.281 e. The number of aromatic nitrogens is 2. The van der Waals surface area contributed by atoms with E-state index in [0.717, 1.165) is 16.9 Å². The molecule has 0 saturated carbocycles. The molecular weight excluding hydrogens is 691 g/mol. The third-order valence-corrected chi connectivity index (χ3v) is 13.8. The van der Waals surface area contributed by atoms with Crippen molar-refractivity contribution in [3.63, 3.8) is 0 Å². The molecule has 0 amide bonds. The minimum atomic E-state index is -0.188. The Labute approximate surface area is 337 Å². The molecule has 3 aliphatic carbocycles. The quantitative estimate of drug-likeness (QED) is 0.156. The van der Waals surface area contributed by atoms with Crippen LogP contribution in [0, 0.1) is 0 Å². The van der Waals surface area contributed by atoms with E-state index in [4.69, 9.17) is 0 Å². The zero-order valence-electron chi connectivity index (χ0n) is 34.3. The van der Waals surface area contributed by atoms with E-state index in [2.05, 4.69) is 180 Å². The van der Waals surface area contributed by atoms with E-state index in [-0.39, 0.29) is 24.2 Å². The summed E-state index contributed by atoms with van der Waals surface area (Å²) in [7, 11) is 0. The lowest BCUT2D eigenvalue weighted by atomic mass is 9.54. The van der Waals surface area contributed by atoms with Gasteiger partial charge in [-0.15, -0.1) is 0 Å². The van der Waals surface area contributed by atoms with Crippen molar-refractivity contribution in [1.29, 1.82) is 0 Å². The number of nitrogens with zero attached hydrogens (tertiary/aromatic N) is 2. The number of benzene rings is 6. The van der Waals surface area contributed by atoms with Crippen LogP contribution in [0.25, 0.3) is 39.1 Å². The van der Waals surface area contributed by atoms with Gasteiger partial charge in [-0.2, -0.15) is 0 Å². The van der Waals surface area contributed by atoms with Gasteiger partial charge in [-0.1, -0.05) is 152 Å². The molecule has 0 spiro atoms. The van der Waals surface area contributed by atoms with Crippen LogP contribution in [-0.4, -0.2) is 16.1 Å². The molecule has 3 nitrogen and oxygen atoms in total. The van der Waals surface area contributed by atoms with Gasteiger partial charge >= 0.3 is 6.85 Å². The Kier molecular flexibility index (Phi) is 7.41. The topological polar surface area (TPSA) is 26.9 Å². The lowest BCUT2D eigenvalue weighted by molar-refractivity contribution is 0.689. The van der Waals surface area contributed by atoms with Gasteiger partial charge in [0.15, 0.2) is 0 Å². The van der Waals surface area contributed by atoms with Crippen molar-refractivity contribution in [2.45, 2.75) is 90.9 Å². The molecule has 12 rings (SSSR count). The van der Waals surface area contributed by atoms with Gasteiger partial charge in [0.2, 0.25) is 0 Å². The summed E-state index contributed by atoms with van der Waals surface area (Å²) in [6.45, 7) is 18.3. The van der Waals surface area contributed by atoms with E-state index in [1.807, 2.05) is 0 Å². The smallest absolute Gasteiger partial charge is 0.281 e. The molecule has 280 valence electrons. The van der Waals surface area contributed by atoms with Crippen LogP contribution in [0.1, 0.15) is 147 Å². The van der Waals surface area contributed by atoms with Crippen LogP contribution in [0.2, 0.25) is 0 Å². The van der Waals surface area contributed by atoms with Gasteiger partial charge in [-0.3, -0.25) is 14.1 Å². The number of hydrogen-bond acceptors (Lipinski definition) is 1. The highest BCUT2D eigenvalue weighted by atomic mass is 16.1. The van der Waals surface area contributed by atoms with E-state index in [9.17, 15) is 0 Å². The molecule has 0 atom stereocenters. The monoisotopic (exact) mass is 740 g/mol. The summed E-state index contributed by atoms with van der Waals surface area (Å²) >= 11 is 0. The van der Waals surface area contributed by atoms with Crippen molar-refractivity contribution in [3.05, 3.63) is 181 Å². The number of hydrogen-bond donors (Lipinski definition) is 0. The third kappa shape index (κ3) is 4.53. The SMILES string of the molecule is CC(C)c1cccc(C(C)C)c1-c1ccc2c(c1)-c1cc(-c3c(C(C)C)cccc3C(C)C)cc3c1B2n1c(=O)c2c(n1-3)C1c3ccccc3C2c2ccccc21. The normalized spacial score (nSPS) is 16.4. The predicted octanol–water partition coefficient (Wildman–Crippen LogP) is 11.4. The molecule has 4 heteroatoms. The van der Waals surface area contributed by atoms with Crippen LogP contribution < -0.4 is 16.5 Å². The highest BCUT2D eigenvalue weighted by molar-refractivity contribution is 6.89. The Hall–Kier alpha value is -5.61. The van der Waals surface area contributed by atoms with Crippen molar-refractivity contribution in [2.75, 3.05) is 0 Å². The Bertz CT molecular complexity index is 2820. The lowest BCUT2D eigenvalue weighted by Gasteiger charge is -2.40. The highest BCUT2D eigenvalue weighted by Crippen LogP contribution is 2.56. The van der Waals surface area contributed by atoms with Gasteiger partial charge in [0.05, 0.1) is 22.9 Å². The molecule has 3 heterocycles.